The average molecular weight is 445 g/mol. The van der Waals surface area contributed by atoms with Crippen LogP contribution in [0.2, 0.25) is 0 Å². The first-order valence-electron chi connectivity index (χ1n) is 10.7. The lowest BCUT2D eigenvalue weighted by Crippen LogP contribution is -2.30. The van der Waals surface area contributed by atoms with Crippen molar-refractivity contribution in [3.8, 4) is 5.75 Å². The summed E-state index contributed by atoms with van der Waals surface area (Å²) in [5.74, 6) is 1.74. The van der Waals surface area contributed by atoms with Gasteiger partial charge in [-0.2, -0.15) is 0 Å². The van der Waals surface area contributed by atoms with E-state index in [1.807, 2.05) is 67.7 Å². The van der Waals surface area contributed by atoms with E-state index in [4.69, 9.17) is 21.4 Å². The van der Waals surface area contributed by atoms with Crippen molar-refractivity contribution < 1.29 is 9.15 Å². The number of benzene rings is 1. The van der Waals surface area contributed by atoms with Gasteiger partial charge in [0.2, 0.25) is 0 Å². The summed E-state index contributed by atoms with van der Waals surface area (Å²) < 4.78 is 13.4. The van der Waals surface area contributed by atoms with Crippen molar-refractivity contribution in [2.75, 3.05) is 11.5 Å². The van der Waals surface area contributed by atoms with Gasteiger partial charge < -0.3 is 23.9 Å². The maximum atomic E-state index is 5.82. The molecule has 7 heteroatoms. The number of nitrogens with zero attached hydrogens (tertiary/aromatic N) is 3. The molecule has 162 valence electrons. The summed E-state index contributed by atoms with van der Waals surface area (Å²) in [5, 5.41) is 4.18. The van der Waals surface area contributed by atoms with Gasteiger partial charge in [0, 0.05) is 23.8 Å². The lowest BCUT2D eigenvalue weighted by atomic mass is 10.0. The molecule has 0 radical (unpaired) electrons. The van der Waals surface area contributed by atoms with Gasteiger partial charge in [-0.05, 0) is 79.8 Å². The van der Waals surface area contributed by atoms with Crippen LogP contribution in [0, 0.1) is 0 Å². The fourth-order valence-electron chi connectivity index (χ4n) is 4.21. The van der Waals surface area contributed by atoms with Gasteiger partial charge in [-0.3, -0.25) is 4.98 Å². The van der Waals surface area contributed by atoms with Gasteiger partial charge in [-0.1, -0.05) is 6.07 Å². The van der Waals surface area contributed by atoms with Gasteiger partial charge in [-0.25, -0.2) is 0 Å². The molecule has 32 heavy (non-hydrogen) atoms. The summed E-state index contributed by atoms with van der Waals surface area (Å²) in [5.41, 5.74) is 3.07. The second kappa shape index (κ2) is 8.88. The Morgan fingerprint density at radius 3 is 2.66 bits per heavy atom. The molecular formula is C25H24N4O2S. The minimum absolute atomic E-state index is 0.0831. The Kier molecular flexibility index (Phi) is 5.64. The van der Waals surface area contributed by atoms with Crippen LogP contribution >= 0.6 is 12.2 Å². The first-order chi connectivity index (χ1) is 15.7. The van der Waals surface area contributed by atoms with E-state index >= 15 is 0 Å². The molecule has 1 aliphatic heterocycles. The smallest absolute Gasteiger partial charge is 0.174 e. The van der Waals surface area contributed by atoms with E-state index in [1.165, 1.54) is 0 Å². The Hall–Kier alpha value is -3.58. The second-order valence-corrected chi connectivity index (χ2v) is 7.95. The van der Waals surface area contributed by atoms with Crippen LogP contribution in [-0.2, 0) is 6.54 Å². The SMILES string of the molecule is CCOc1ccc(N2C(=S)N[C@H](c3ccccn3)[C@@H]2c2cccn2Cc2ccco2)cc1. The fraction of sp³-hybridized carbons (Fsp3) is 0.200. The molecule has 4 heterocycles. The molecule has 1 aliphatic rings. The van der Waals surface area contributed by atoms with Gasteiger partial charge >= 0.3 is 0 Å². The molecule has 1 saturated heterocycles. The monoisotopic (exact) mass is 444 g/mol. The van der Waals surface area contributed by atoms with E-state index in [9.17, 15) is 0 Å². The number of aromatic nitrogens is 2. The van der Waals surface area contributed by atoms with Crippen LogP contribution in [0.3, 0.4) is 0 Å². The summed E-state index contributed by atoms with van der Waals surface area (Å²) in [6.45, 7) is 3.26. The summed E-state index contributed by atoms with van der Waals surface area (Å²) in [7, 11) is 0. The summed E-state index contributed by atoms with van der Waals surface area (Å²) in [6, 6.07) is 21.9. The van der Waals surface area contributed by atoms with Crippen molar-refractivity contribution in [2.45, 2.75) is 25.6 Å². The number of anilines is 1. The number of nitrogens with one attached hydrogen (secondary N) is 1. The molecule has 1 fully saturated rings. The molecule has 1 aromatic carbocycles. The molecule has 0 spiro atoms. The Morgan fingerprint density at radius 1 is 1.06 bits per heavy atom. The Bertz CT molecular complexity index is 1170. The number of rotatable bonds is 7. The third-order valence-electron chi connectivity index (χ3n) is 5.60. The van der Waals surface area contributed by atoms with E-state index in [0.717, 1.165) is 28.6 Å². The Balaban J connectivity index is 1.57. The number of ether oxygens (including phenoxy) is 1. The highest BCUT2D eigenvalue weighted by Crippen LogP contribution is 2.42. The largest absolute Gasteiger partial charge is 0.494 e. The summed E-state index contributed by atoms with van der Waals surface area (Å²) >= 11 is 5.82. The second-order valence-electron chi connectivity index (χ2n) is 7.56. The van der Waals surface area contributed by atoms with Gasteiger partial charge in [-0.15, -0.1) is 0 Å². The lowest BCUT2D eigenvalue weighted by molar-refractivity contribution is 0.340. The van der Waals surface area contributed by atoms with E-state index in [0.29, 0.717) is 18.3 Å². The molecular weight excluding hydrogens is 420 g/mol. The molecule has 0 unspecified atom stereocenters. The molecule has 4 aromatic rings. The van der Waals surface area contributed by atoms with Crippen LogP contribution in [0.25, 0.3) is 0 Å². The maximum absolute atomic E-state index is 5.82. The molecule has 2 atom stereocenters. The van der Waals surface area contributed by atoms with Gasteiger partial charge in [0.1, 0.15) is 17.6 Å². The highest BCUT2D eigenvalue weighted by Gasteiger charge is 2.42. The van der Waals surface area contributed by atoms with Crippen molar-refractivity contribution in [3.63, 3.8) is 0 Å². The molecule has 0 aliphatic carbocycles. The zero-order valence-corrected chi connectivity index (χ0v) is 18.5. The fourth-order valence-corrected chi connectivity index (χ4v) is 4.56. The van der Waals surface area contributed by atoms with E-state index in [-0.39, 0.29) is 12.1 Å². The third-order valence-corrected chi connectivity index (χ3v) is 5.91. The van der Waals surface area contributed by atoms with Gasteiger partial charge in [0.05, 0.1) is 31.2 Å². The topological polar surface area (TPSA) is 55.5 Å². The Labute approximate surface area is 192 Å². The minimum atomic E-state index is -0.0967. The van der Waals surface area contributed by atoms with Gasteiger partial charge in [0.25, 0.3) is 0 Å². The first kappa shape index (κ1) is 20.3. The Morgan fingerprint density at radius 2 is 1.94 bits per heavy atom. The normalized spacial score (nSPS) is 18.0. The molecule has 0 amide bonds. The number of hydrogen-bond donors (Lipinski definition) is 1. The van der Waals surface area contributed by atoms with Crippen molar-refractivity contribution >= 4 is 23.0 Å². The molecule has 0 saturated carbocycles. The predicted octanol–water partition coefficient (Wildman–Crippen LogP) is 5.10. The van der Waals surface area contributed by atoms with Crippen LogP contribution in [0.4, 0.5) is 5.69 Å². The third kappa shape index (κ3) is 3.87. The molecule has 6 nitrogen and oxygen atoms in total. The molecule has 1 N–H and O–H groups in total. The summed E-state index contributed by atoms with van der Waals surface area (Å²) in [6.07, 6.45) is 5.59. The predicted molar refractivity (Wildman–Crippen MR) is 128 cm³/mol. The van der Waals surface area contributed by atoms with Crippen LogP contribution < -0.4 is 15.0 Å². The molecule has 0 bridgehead atoms. The van der Waals surface area contributed by atoms with Crippen LogP contribution in [0.15, 0.2) is 89.8 Å². The zero-order valence-electron chi connectivity index (χ0n) is 17.7. The van der Waals surface area contributed by atoms with Crippen molar-refractivity contribution in [3.05, 3.63) is 103 Å². The standard InChI is InChI=1S/C25H24N4O2S/c1-2-30-19-12-10-18(11-13-19)29-24(23(27-25(29)32)21-8-3-4-14-26-21)22-9-5-15-28(22)17-20-7-6-16-31-20/h3-16,23-24H,2,17H2,1H3,(H,27,32)/t23-,24+/m1/s1. The maximum Gasteiger partial charge on any atom is 0.174 e. The molecule has 3 aromatic heterocycles. The lowest BCUT2D eigenvalue weighted by Gasteiger charge is -2.29. The van der Waals surface area contributed by atoms with Crippen molar-refractivity contribution in [2.24, 2.45) is 0 Å². The number of pyridine rings is 1. The minimum Gasteiger partial charge on any atom is -0.494 e. The number of thiocarbonyl (C=S) groups is 1. The average Bonchev–Trinajstić information content (AvgIpc) is 3.56. The summed E-state index contributed by atoms with van der Waals surface area (Å²) in [4.78, 5) is 6.80. The number of hydrogen-bond acceptors (Lipinski definition) is 4. The highest BCUT2D eigenvalue weighted by molar-refractivity contribution is 7.80. The highest BCUT2D eigenvalue weighted by atomic mass is 32.1. The quantitative estimate of drug-likeness (QED) is 0.400. The van der Waals surface area contributed by atoms with Crippen LogP contribution in [-0.4, -0.2) is 21.3 Å². The van der Waals surface area contributed by atoms with E-state index < -0.39 is 0 Å². The molecule has 5 rings (SSSR count). The van der Waals surface area contributed by atoms with E-state index in [2.05, 4.69) is 38.1 Å². The van der Waals surface area contributed by atoms with E-state index in [1.54, 1.807) is 6.26 Å². The number of furan rings is 1. The van der Waals surface area contributed by atoms with Crippen LogP contribution in [0.5, 0.6) is 5.75 Å². The van der Waals surface area contributed by atoms with Gasteiger partial charge in [0.15, 0.2) is 5.11 Å². The van der Waals surface area contributed by atoms with Crippen LogP contribution in [0.1, 0.15) is 36.2 Å². The zero-order chi connectivity index (χ0) is 21.9. The van der Waals surface area contributed by atoms with Crippen molar-refractivity contribution in [1.82, 2.24) is 14.9 Å². The van der Waals surface area contributed by atoms with Crippen molar-refractivity contribution in [1.29, 1.82) is 0 Å². The first-order valence-corrected chi connectivity index (χ1v) is 11.1.